The number of nitrogens with zero attached hydrogens (tertiary/aromatic N) is 3. The molecule has 3 rings (SSSR count). The van der Waals surface area contributed by atoms with Gasteiger partial charge in [0, 0.05) is 65.4 Å². The van der Waals surface area contributed by atoms with Gasteiger partial charge in [-0.15, -0.1) is 0 Å². The van der Waals surface area contributed by atoms with Gasteiger partial charge in [0.1, 0.15) is 0 Å². The van der Waals surface area contributed by atoms with E-state index in [2.05, 4.69) is 70.6 Å². The molecule has 3 unspecified atom stereocenters. The highest BCUT2D eigenvalue weighted by molar-refractivity contribution is 5.79. The fraction of sp³-hybridized carbons (Fsp3) is 0.708. The molecule has 0 radical (unpaired) electrons. The summed E-state index contributed by atoms with van der Waals surface area (Å²) < 4.78 is 6.16. The Morgan fingerprint density at radius 2 is 1.90 bits per heavy atom. The van der Waals surface area contributed by atoms with Crippen LogP contribution in [0.4, 0.5) is 0 Å². The lowest BCUT2D eigenvalue weighted by Gasteiger charge is -2.34. The average molecular weight is 416 g/mol. The van der Waals surface area contributed by atoms with Crippen molar-refractivity contribution < 1.29 is 4.74 Å². The zero-order chi connectivity index (χ0) is 21.3. The monoisotopic (exact) mass is 415 g/mol. The van der Waals surface area contributed by atoms with Gasteiger partial charge < -0.3 is 25.2 Å². The normalized spacial score (nSPS) is 25.1. The van der Waals surface area contributed by atoms with Crippen LogP contribution in [0.15, 0.2) is 29.3 Å². The van der Waals surface area contributed by atoms with E-state index in [4.69, 9.17) is 4.74 Å². The van der Waals surface area contributed by atoms with Crippen molar-refractivity contribution in [3.05, 3.63) is 35.4 Å². The van der Waals surface area contributed by atoms with Crippen LogP contribution in [0.3, 0.4) is 0 Å². The largest absolute Gasteiger partial charge is 0.373 e. The van der Waals surface area contributed by atoms with E-state index in [9.17, 15) is 0 Å². The zero-order valence-corrected chi connectivity index (χ0v) is 19.4. The van der Waals surface area contributed by atoms with Crippen molar-refractivity contribution in [2.45, 2.75) is 32.8 Å². The van der Waals surface area contributed by atoms with Gasteiger partial charge in [0.05, 0.1) is 6.10 Å². The lowest BCUT2D eigenvalue weighted by atomic mass is 9.89. The molecule has 0 aliphatic carbocycles. The lowest BCUT2D eigenvalue weighted by Crippen LogP contribution is -2.48. The van der Waals surface area contributed by atoms with Crippen molar-refractivity contribution in [1.82, 2.24) is 20.4 Å². The van der Waals surface area contributed by atoms with Crippen LogP contribution in [0.1, 0.15) is 37.0 Å². The molecule has 0 spiro atoms. The molecule has 1 aromatic rings. The quantitative estimate of drug-likeness (QED) is 0.529. The SMILES string of the molecule is CN=C(NCC(C)CN1CCN(C)CC1)NCC1CCCOC1c1ccc(C)cc1. The van der Waals surface area contributed by atoms with E-state index in [1.807, 2.05) is 7.05 Å². The number of guanidine groups is 1. The molecule has 2 aliphatic heterocycles. The fourth-order valence-corrected chi connectivity index (χ4v) is 4.43. The highest BCUT2D eigenvalue weighted by Crippen LogP contribution is 2.33. The van der Waals surface area contributed by atoms with Gasteiger partial charge in [0.15, 0.2) is 5.96 Å². The van der Waals surface area contributed by atoms with Crippen molar-refractivity contribution in [2.24, 2.45) is 16.8 Å². The number of benzene rings is 1. The van der Waals surface area contributed by atoms with Crippen molar-refractivity contribution in [1.29, 1.82) is 0 Å². The third kappa shape index (κ3) is 6.96. The molecule has 6 heteroatoms. The molecule has 3 atom stereocenters. The molecule has 168 valence electrons. The van der Waals surface area contributed by atoms with Crippen molar-refractivity contribution in [3.63, 3.8) is 0 Å². The predicted octanol–water partition coefficient (Wildman–Crippen LogP) is 2.51. The minimum absolute atomic E-state index is 0.168. The molecule has 0 saturated carbocycles. The van der Waals surface area contributed by atoms with Gasteiger partial charge in [0.2, 0.25) is 0 Å². The number of piperazine rings is 1. The smallest absolute Gasteiger partial charge is 0.190 e. The van der Waals surface area contributed by atoms with Gasteiger partial charge in [-0.3, -0.25) is 4.99 Å². The Balaban J connectivity index is 1.44. The molecule has 0 amide bonds. The van der Waals surface area contributed by atoms with E-state index < -0.39 is 0 Å². The second-order valence-electron chi connectivity index (χ2n) is 9.15. The Kier molecular flexibility index (Phi) is 8.97. The lowest BCUT2D eigenvalue weighted by molar-refractivity contribution is -0.0265. The maximum atomic E-state index is 6.16. The Bertz CT molecular complexity index is 654. The first-order valence-electron chi connectivity index (χ1n) is 11.6. The topological polar surface area (TPSA) is 52.1 Å². The molecule has 2 aliphatic rings. The molecule has 30 heavy (non-hydrogen) atoms. The van der Waals surface area contributed by atoms with Crippen LogP contribution in [-0.4, -0.2) is 82.3 Å². The molecular weight excluding hydrogens is 374 g/mol. The predicted molar refractivity (Wildman–Crippen MR) is 125 cm³/mol. The average Bonchev–Trinajstić information content (AvgIpc) is 2.76. The van der Waals surface area contributed by atoms with Gasteiger partial charge in [-0.2, -0.15) is 0 Å². The van der Waals surface area contributed by atoms with Gasteiger partial charge in [0.25, 0.3) is 0 Å². The van der Waals surface area contributed by atoms with Crippen LogP contribution in [0.2, 0.25) is 0 Å². The van der Waals surface area contributed by atoms with Crippen LogP contribution >= 0.6 is 0 Å². The van der Waals surface area contributed by atoms with E-state index in [1.165, 1.54) is 43.7 Å². The van der Waals surface area contributed by atoms with Gasteiger partial charge in [-0.05, 0) is 38.3 Å². The van der Waals surface area contributed by atoms with Crippen LogP contribution in [0, 0.1) is 18.8 Å². The van der Waals surface area contributed by atoms with Crippen LogP contribution in [-0.2, 0) is 4.74 Å². The highest BCUT2D eigenvalue weighted by Gasteiger charge is 2.27. The van der Waals surface area contributed by atoms with Gasteiger partial charge in [-0.25, -0.2) is 0 Å². The van der Waals surface area contributed by atoms with Crippen molar-refractivity contribution in [3.8, 4) is 0 Å². The van der Waals surface area contributed by atoms with E-state index in [0.29, 0.717) is 11.8 Å². The molecule has 2 heterocycles. The number of aliphatic imine (C=N–C) groups is 1. The Labute approximate surface area is 183 Å². The van der Waals surface area contributed by atoms with Crippen molar-refractivity contribution >= 4 is 5.96 Å². The number of rotatable bonds is 7. The van der Waals surface area contributed by atoms with Crippen LogP contribution < -0.4 is 10.6 Å². The summed E-state index contributed by atoms with van der Waals surface area (Å²) >= 11 is 0. The summed E-state index contributed by atoms with van der Waals surface area (Å²) in [5.41, 5.74) is 2.58. The number of ether oxygens (including phenoxy) is 1. The molecule has 1 aromatic carbocycles. The molecule has 0 bridgehead atoms. The number of likely N-dealkylation sites (N-methyl/N-ethyl adjacent to an activating group) is 1. The van der Waals surface area contributed by atoms with E-state index in [0.717, 1.165) is 38.6 Å². The van der Waals surface area contributed by atoms with E-state index in [1.54, 1.807) is 0 Å². The summed E-state index contributed by atoms with van der Waals surface area (Å²) in [6.07, 6.45) is 2.48. The number of nitrogens with one attached hydrogen (secondary N) is 2. The Morgan fingerprint density at radius 1 is 1.17 bits per heavy atom. The van der Waals surface area contributed by atoms with E-state index in [-0.39, 0.29) is 6.10 Å². The minimum Gasteiger partial charge on any atom is -0.373 e. The first kappa shape index (κ1) is 23.0. The maximum absolute atomic E-state index is 6.16. The number of hydrogen-bond donors (Lipinski definition) is 2. The van der Waals surface area contributed by atoms with Gasteiger partial charge in [-0.1, -0.05) is 36.8 Å². The second-order valence-corrected chi connectivity index (χ2v) is 9.15. The third-order valence-electron chi connectivity index (χ3n) is 6.39. The second kappa shape index (κ2) is 11.7. The minimum atomic E-state index is 0.168. The van der Waals surface area contributed by atoms with Crippen LogP contribution in [0.5, 0.6) is 0 Å². The molecule has 6 nitrogen and oxygen atoms in total. The van der Waals surface area contributed by atoms with Crippen LogP contribution in [0.25, 0.3) is 0 Å². The summed E-state index contributed by atoms with van der Waals surface area (Å²) in [6, 6.07) is 8.79. The first-order valence-corrected chi connectivity index (χ1v) is 11.6. The summed E-state index contributed by atoms with van der Waals surface area (Å²) in [6.45, 7) is 13.0. The standard InChI is InChI=1S/C24H41N5O/c1-19-7-9-21(10-8-19)23-22(6-5-15-30-23)17-27-24(25-3)26-16-20(2)18-29-13-11-28(4)12-14-29/h7-10,20,22-23H,5-6,11-18H2,1-4H3,(H2,25,26,27). The summed E-state index contributed by atoms with van der Waals surface area (Å²) in [5.74, 6) is 1.95. The molecule has 0 aromatic heterocycles. The molecule has 2 saturated heterocycles. The van der Waals surface area contributed by atoms with E-state index >= 15 is 0 Å². The molecule has 2 N–H and O–H groups in total. The summed E-state index contributed by atoms with van der Waals surface area (Å²) in [5, 5.41) is 7.08. The zero-order valence-electron chi connectivity index (χ0n) is 19.4. The summed E-state index contributed by atoms with van der Waals surface area (Å²) in [7, 11) is 4.06. The fourth-order valence-electron chi connectivity index (χ4n) is 4.43. The number of hydrogen-bond acceptors (Lipinski definition) is 4. The maximum Gasteiger partial charge on any atom is 0.190 e. The highest BCUT2D eigenvalue weighted by atomic mass is 16.5. The molecule has 2 fully saturated rings. The number of aryl methyl sites for hydroxylation is 1. The Morgan fingerprint density at radius 3 is 2.60 bits per heavy atom. The third-order valence-corrected chi connectivity index (χ3v) is 6.39. The van der Waals surface area contributed by atoms with Crippen molar-refractivity contribution in [2.75, 3.05) is 66.5 Å². The Hall–Kier alpha value is -1.63. The summed E-state index contributed by atoms with van der Waals surface area (Å²) in [4.78, 5) is 9.43. The van der Waals surface area contributed by atoms with Gasteiger partial charge >= 0.3 is 0 Å². The molecular formula is C24H41N5O. The first-order chi connectivity index (χ1) is 14.5.